The molecule has 13 nitrogen and oxygen atoms in total. The molecule has 304 valence electrons. The predicted octanol–water partition coefficient (Wildman–Crippen LogP) is 5.82. The van der Waals surface area contributed by atoms with E-state index in [2.05, 4.69) is 0 Å². The SMILES string of the molecule is CCN1C(=CC=Cc2oc3ccc(-c4ccccc4)cc3[n+]2CCCS(=O)(=O)[O-])N(COC(=O)CCN(C)c2ccc(C(C)(O)C(=O)[O-])cc2)c2cc(Cl)c(Cl)cc21. The van der Waals surface area contributed by atoms with Gasteiger partial charge in [-0.1, -0.05) is 71.7 Å². The second-order valence-electron chi connectivity index (χ2n) is 13.8. The van der Waals surface area contributed by atoms with Gasteiger partial charge in [0.25, 0.3) is 5.52 Å². The van der Waals surface area contributed by atoms with Gasteiger partial charge in [-0.05, 0) is 73.0 Å². The van der Waals surface area contributed by atoms with Crippen LogP contribution >= 0.6 is 23.2 Å². The third kappa shape index (κ3) is 9.49. The molecule has 5 aromatic rings. The van der Waals surface area contributed by atoms with E-state index in [-0.39, 0.29) is 38.2 Å². The number of anilines is 3. The lowest BCUT2D eigenvalue weighted by Gasteiger charge is -2.26. The first-order valence-corrected chi connectivity index (χ1v) is 20.7. The molecule has 0 bridgehead atoms. The van der Waals surface area contributed by atoms with E-state index in [1.54, 1.807) is 53.3 Å². The Hall–Kier alpha value is -5.38. The van der Waals surface area contributed by atoms with Crippen molar-refractivity contribution in [1.82, 2.24) is 0 Å². The Kier molecular flexibility index (Phi) is 12.8. The number of benzene rings is 4. The monoisotopic (exact) mass is 847 g/mol. The van der Waals surface area contributed by atoms with Crippen LogP contribution in [0.1, 0.15) is 38.1 Å². The third-order valence-corrected chi connectivity index (χ3v) is 11.4. The molecule has 1 unspecified atom stereocenters. The van der Waals surface area contributed by atoms with Gasteiger partial charge >= 0.3 is 11.9 Å². The van der Waals surface area contributed by atoms with Crippen LogP contribution in [0.4, 0.5) is 17.1 Å². The molecule has 0 aliphatic carbocycles. The number of oxazole rings is 1. The summed E-state index contributed by atoms with van der Waals surface area (Å²) in [5.74, 6) is -1.55. The van der Waals surface area contributed by atoms with Crippen molar-refractivity contribution in [3.05, 3.63) is 124 Å². The quantitative estimate of drug-likeness (QED) is 0.0719. The van der Waals surface area contributed by atoms with Gasteiger partial charge in [0.05, 0.1) is 50.0 Å². The first kappa shape index (κ1) is 42.2. The maximum atomic E-state index is 13.1. The summed E-state index contributed by atoms with van der Waals surface area (Å²) >= 11 is 12.9. The van der Waals surface area contributed by atoms with Crippen LogP contribution in [0.25, 0.3) is 28.3 Å². The molecule has 0 radical (unpaired) electrons. The number of rotatable bonds is 16. The van der Waals surface area contributed by atoms with E-state index in [0.29, 0.717) is 45.3 Å². The molecule has 6 rings (SSSR count). The largest absolute Gasteiger partial charge is 0.748 e. The van der Waals surface area contributed by atoms with Crippen molar-refractivity contribution in [1.29, 1.82) is 0 Å². The summed E-state index contributed by atoms with van der Waals surface area (Å²) in [6.07, 6.45) is 5.44. The molecular weight excluding hydrogens is 807 g/mol. The molecule has 4 aromatic carbocycles. The van der Waals surface area contributed by atoms with Crippen molar-refractivity contribution in [2.75, 3.05) is 47.3 Å². The number of carbonyl (C=O) groups is 2. The number of aryl methyl sites for hydroxylation is 1. The summed E-state index contributed by atoms with van der Waals surface area (Å²) in [6.45, 7) is 3.96. The summed E-state index contributed by atoms with van der Waals surface area (Å²) < 4.78 is 48.3. The number of ether oxygens (including phenoxy) is 1. The first-order valence-electron chi connectivity index (χ1n) is 18.4. The molecule has 1 aliphatic rings. The molecule has 0 saturated heterocycles. The number of allylic oxidation sites excluding steroid dienone is 2. The molecule has 1 aliphatic heterocycles. The number of aliphatic carboxylic acids is 1. The number of hydrogen-bond donors (Lipinski definition) is 1. The van der Waals surface area contributed by atoms with Crippen molar-refractivity contribution < 1.29 is 46.5 Å². The minimum Gasteiger partial charge on any atom is -0.748 e. The number of carboxylic acid groups (broad SMARTS) is 1. The molecule has 0 saturated carbocycles. The van der Waals surface area contributed by atoms with Gasteiger partial charge in [-0.2, -0.15) is 4.57 Å². The number of aromatic nitrogens is 1. The lowest BCUT2D eigenvalue weighted by Crippen LogP contribution is -2.43. The Morgan fingerprint density at radius 3 is 2.29 bits per heavy atom. The van der Waals surface area contributed by atoms with E-state index < -0.39 is 33.4 Å². The second kappa shape index (κ2) is 17.6. The maximum Gasteiger partial charge on any atom is 0.374 e. The number of nitrogens with zero attached hydrogens (tertiary/aromatic N) is 4. The Morgan fingerprint density at radius 2 is 1.66 bits per heavy atom. The van der Waals surface area contributed by atoms with Crippen LogP contribution in [-0.2, 0) is 36.6 Å². The maximum absolute atomic E-state index is 13.1. The summed E-state index contributed by atoms with van der Waals surface area (Å²) in [6, 6.07) is 25.3. The topological polar surface area (TPSA) is 171 Å². The molecule has 0 fully saturated rings. The summed E-state index contributed by atoms with van der Waals surface area (Å²) in [5.41, 5.74) is 3.36. The molecule has 1 N–H and O–H groups in total. The lowest BCUT2D eigenvalue weighted by atomic mass is 9.96. The van der Waals surface area contributed by atoms with Gasteiger partial charge in [0.15, 0.2) is 13.3 Å². The molecule has 1 aromatic heterocycles. The van der Waals surface area contributed by atoms with Crippen molar-refractivity contribution in [3.63, 3.8) is 0 Å². The van der Waals surface area contributed by atoms with E-state index >= 15 is 0 Å². The van der Waals surface area contributed by atoms with Gasteiger partial charge in [-0.25, -0.2) is 8.42 Å². The first-order chi connectivity index (χ1) is 27.6. The van der Waals surface area contributed by atoms with Crippen molar-refractivity contribution in [3.8, 4) is 11.1 Å². The fourth-order valence-corrected chi connectivity index (χ4v) is 7.43. The van der Waals surface area contributed by atoms with Crippen LogP contribution in [0.5, 0.6) is 0 Å². The number of carbonyl (C=O) groups excluding carboxylic acids is 2. The van der Waals surface area contributed by atoms with Gasteiger partial charge in [0.2, 0.25) is 5.58 Å². The summed E-state index contributed by atoms with van der Waals surface area (Å²) in [5, 5.41) is 22.2. The average molecular weight is 849 g/mol. The molecule has 2 heterocycles. The van der Waals surface area contributed by atoms with Crippen molar-refractivity contribution >= 4 is 79.5 Å². The number of halogens is 2. The zero-order valence-corrected chi connectivity index (χ0v) is 34.3. The minimum absolute atomic E-state index is 0.0270. The highest BCUT2D eigenvalue weighted by Gasteiger charge is 2.32. The number of carboxylic acids is 1. The molecule has 58 heavy (non-hydrogen) atoms. The standard InChI is InChI=1S/C42H42Cl2N4O9S/c1-4-46-34-25-32(43)33(44)26-35(34)48(27-56-40(49)20-22-45(3)31-17-15-30(16-18-31)42(2,52)41(50)51)38(46)12-8-13-39-47(21-9-23-58(53,54)55)36-24-29(14-19-37(36)57-39)28-10-6-5-7-11-28/h5-8,10-19,24-26,52H,4,9,20-23,27H2,1-3H3,(H-,50,51,53,54,55)/p-1. The van der Waals surface area contributed by atoms with Gasteiger partial charge in [0.1, 0.15) is 11.4 Å². The van der Waals surface area contributed by atoms with Gasteiger partial charge in [0, 0.05) is 44.1 Å². The van der Waals surface area contributed by atoms with E-state index in [1.165, 1.54) is 12.1 Å². The zero-order chi connectivity index (χ0) is 41.8. The number of fused-ring (bicyclic) bond motifs is 2. The van der Waals surface area contributed by atoms with Crippen molar-refractivity contribution in [2.45, 2.75) is 38.8 Å². The van der Waals surface area contributed by atoms with Crippen LogP contribution in [0.15, 0.2) is 107 Å². The lowest BCUT2D eigenvalue weighted by molar-refractivity contribution is -0.677. The molecule has 0 amide bonds. The predicted molar refractivity (Wildman–Crippen MR) is 220 cm³/mol. The zero-order valence-electron chi connectivity index (χ0n) is 31.9. The van der Waals surface area contributed by atoms with E-state index in [0.717, 1.165) is 29.3 Å². The van der Waals surface area contributed by atoms with Gasteiger partial charge in [-0.15, -0.1) is 0 Å². The molecule has 1 atom stereocenters. The van der Waals surface area contributed by atoms with Gasteiger partial charge < -0.3 is 38.5 Å². The summed E-state index contributed by atoms with van der Waals surface area (Å²) in [4.78, 5) is 30.0. The van der Waals surface area contributed by atoms with Crippen molar-refractivity contribution in [2.24, 2.45) is 0 Å². The average Bonchev–Trinajstić information content (AvgIpc) is 3.68. The summed E-state index contributed by atoms with van der Waals surface area (Å²) in [7, 11) is -2.66. The Bertz CT molecular complexity index is 2490. The number of aliphatic hydroxyl groups is 1. The van der Waals surface area contributed by atoms with E-state index in [9.17, 15) is 32.8 Å². The normalized spacial score (nSPS) is 14.6. The fourth-order valence-electron chi connectivity index (χ4n) is 6.64. The second-order valence-corrected chi connectivity index (χ2v) is 16.1. The van der Waals surface area contributed by atoms with Crippen LogP contribution < -0.4 is 24.4 Å². The molecular formula is C42H41Cl2N4O9S-. The highest BCUT2D eigenvalue weighted by molar-refractivity contribution is 7.85. The molecule has 16 heteroatoms. The van der Waals surface area contributed by atoms with E-state index in [4.69, 9.17) is 32.4 Å². The highest BCUT2D eigenvalue weighted by Crippen LogP contribution is 2.45. The van der Waals surface area contributed by atoms with E-state index in [1.807, 2.05) is 71.0 Å². The minimum atomic E-state index is -4.43. The highest BCUT2D eigenvalue weighted by atomic mass is 35.5. The van der Waals surface area contributed by atoms with Crippen LogP contribution in [-0.4, -0.2) is 62.6 Å². The Morgan fingerprint density at radius 1 is 0.983 bits per heavy atom. The third-order valence-electron chi connectivity index (χ3n) is 9.84. The molecule has 0 spiro atoms. The van der Waals surface area contributed by atoms with Gasteiger partial charge in [-0.3, -0.25) is 9.69 Å². The van der Waals surface area contributed by atoms with Crippen LogP contribution in [0, 0.1) is 0 Å². The number of esters is 1. The smallest absolute Gasteiger partial charge is 0.374 e. The Labute approximate surface area is 346 Å². The van der Waals surface area contributed by atoms with Crippen LogP contribution in [0.3, 0.4) is 0 Å². The number of hydrogen-bond acceptors (Lipinski definition) is 12. The Balaban J connectivity index is 1.23. The fraction of sp³-hybridized carbons (Fsp3) is 0.262. The van der Waals surface area contributed by atoms with Crippen LogP contribution in [0.2, 0.25) is 10.0 Å².